The molecule has 3 heteroatoms. The normalized spacial score (nSPS) is 10.5. The molecule has 0 aliphatic heterocycles. The fourth-order valence-corrected chi connectivity index (χ4v) is 4.39. The van der Waals surface area contributed by atoms with Crippen LogP contribution in [-0.2, 0) is 4.74 Å². The first kappa shape index (κ1) is 13.9. The number of esters is 1. The Morgan fingerprint density at radius 1 is 0.905 bits per heavy atom. The van der Waals surface area contributed by atoms with E-state index in [9.17, 15) is 4.79 Å². The predicted molar refractivity (Wildman–Crippen MR) is 85.9 cm³/mol. The molecule has 0 amide bonds. The van der Waals surface area contributed by atoms with E-state index >= 15 is 0 Å². The molecule has 0 radical (unpaired) electrons. The maximum atomic E-state index is 12.0. The van der Waals surface area contributed by atoms with Crippen molar-refractivity contribution in [3.63, 3.8) is 0 Å². The molecule has 2 aliphatic rings. The van der Waals surface area contributed by atoms with Gasteiger partial charge in [-0.05, 0) is 0 Å². The summed E-state index contributed by atoms with van der Waals surface area (Å²) < 4.78 is 7.41. The van der Waals surface area contributed by atoms with E-state index in [1.54, 1.807) is 0 Å². The molecule has 0 saturated heterocycles. The number of methoxy groups -OCH3 is 1. The van der Waals surface area contributed by atoms with E-state index in [0.29, 0.717) is 5.56 Å². The molecule has 21 heavy (non-hydrogen) atoms. The summed E-state index contributed by atoms with van der Waals surface area (Å²) in [7, 11) is 1.42. The van der Waals surface area contributed by atoms with E-state index in [2.05, 4.69) is 18.2 Å². The van der Waals surface area contributed by atoms with Gasteiger partial charge in [-0.3, -0.25) is 0 Å². The second-order valence-corrected chi connectivity index (χ2v) is 6.91. The van der Waals surface area contributed by atoms with Gasteiger partial charge in [-0.1, -0.05) is 0 Å². The van der Waals surface area contributed by atoms with Crippen LogP contribution >= 0.6 is 0 Å². The van der Waals surface area contributed by atoms with Crippen LogP contribution in [0.15, 0.2) is 66.7 Å². The molecule has 0 atom stereocenters. The second kappa shape index (κ2) is 6.13. The average Bonchev–Trinajstić information content (AvgIpc) is 2.71. The molecule has 104 valence electrons. The number of ether oxygens (including phenoxy) is 1. The molecule has 0 spiro atoms. The molecule has 3 rings (SSSR count). The van der Waals surface area contributed by atoms with Crippen molar-refractivity contribution in [3.05, 3.63) is 72.3 Å². The van der Waals surface area contributed by atoms with Crippen LogP contribution in [-0.4, -0.2) is 28.0 Å². The first-order valence-corrected chi connectivity index (χ1v) is 8.34. The zero-order valence-electron chi connectivity index (χ0n) is 11.6. The zero-order chi connectivity index (χ0) is 14.7. The number of benzene rings is 1. The summed E-state index contributed by atoms with van der Waals surface area (Å²) in [5.41, 5.74) is 2.74. The quantitative estimate of drug-likeness (QED) is 0.540. The van der Waals surface area contributed by atoms with E-state index in [1.807, 2.05) is 48.5 Å². The maximum absolute atomic E-state index is 12.0. The van der Waals surface area contributed by atoms with Crippen molar-refractivity contribution in [1.82, 2.24) is 0 Å². The van der Waals surface area contributed by atoms with Gasteiger partial charge in [0.25, 0.3) is 0 Å². The standard InChI is InChI=1S/C18H14O2Se/c1-20-18(19)16-12-17(21-13-8-4-2-5-9-13)15-11-7-3-6-10-14(15)16/h2-12H,1H3. The molecule has 2 nitrogen and oxygen atoms in total. The minimum absolute atomic E-state index is 0.167. The van der Waals surface area contributed by atoms with Gasteiger partial charge in [0.05, 0.1) is 0 Å². The van der Waals surface area contributed by atoms with Gasteiger partial charge >= 0.3 is 130 Å². The average molecular weight is 341 g/mol. The Bertz CT molecular complexity index is 737. The minimum atomic E-state index is -0.277. The summed E-state index contributed by atoms with van der Waals surface area (Å²) in [5, 5.41) is 0. The number of fused-ring (bicyclic) bond motifs is 1. The van der Waals surface area contributed by atoms with Crippen LogP contribution in [0.4, 0.5) is 0 Å². The molecule has 0 unspecified atom stereocenters. The van der Waals surface area contributed by atoms with Crippen molar-refractivity contribution >= 4 is 29.8 Å². The van der Waals surface area contributed by atoms with Crippen LogP contribution in [0.1, 0.15) is 10.4 Å². The Labute approximate surface area is 130 Å². The van der Waals surface area contributed by atoms with Crippen molar-refractivity contribution in [1.29, 1.82) is 0 Å². The molecule has 1 aromatic carbocycles. The monoisotopic (exact) mass is 342 g/mol. The fourth-order valence-electron chi connectivity index (χ4n) is 2.26. The summed E-state index contributed by atoms with van der Waals surface area (Å²) in [6.45, 7) is 0. The van der Waals surface area contributed by atoms with Gasteiger partial charge in [-0.15, -0.1) is 0 Å². The van der Waals surface area contributed by atoms with Crippen LogP contribution in [0.2, 0.25) is 0 Å². The van der Waals surface area contributed by atoms with E-state index in [4.69, 9.17) is 4.74 Å². The fraction of sp³-hybridized carbons (Fsp3) is 0.0556. The first-order chi connectivity index (χ1) is 10.3. The van der Waals surface area contributed by atoms with Crippen LogP contribution in [0, 0.1) is 0 Å². The topological polar surface area (TPSA) is 26.3 Å². The Kier molecular flexibility index (Phi) is 4.05. The molecule has 1 aromatic rings. The predicted octanol–water partition coefficient (Wildman–Crippen LogP) is 2.23. The number of hydrogen-bond donors (Lipinski definition) is 0. The van der Waals surface area contributed by atoms with Crippen molar-refractivity contribution < 1.29 is 9.53 Å². The molecule has 0 fully saturated rings. The van der Waals surface area contributed by atoms with Crippen LogP contribution in [0.5, 0.6) is 0 Å². The van der Waals surface area contributed by atoms with Gasteiger partial charge in [-0.2, -0.15) is 0 Å². The van der Waals surface area contributed by atoms with Gasteiger partial charge in [0.1, 0.15) is 0 Å². The van der Waals surface area contributed by atoms with Crippen LogP contribution in [0.3, 0.4) is 0 Å². The molecule has 0 aromatic heterocycles. The van der Waals surface area contributed by atoms with E-state index < -0.39 is 0 Å². The summed E-state index contributed by atoms with van der Waals surface area (Å²) in [6, 6.07) is 22.3. The van der Waals surface area contributed by atoms with Gasteiger partial charge in [0.2, 0.25) is 0 Å². The molecule has 0 bridgehead atoms. The number of rotatable bonds is 3. The Balaban J connectivity index is 2.09. The third kappa shape index (κ3) is 2.85. The SMILES string of the molecule is COC(=O)c1cc([Se]c2ccccc2)c2cccccc1-2. The van der Waals surface area contributed by atoms with Crippen molar-refractivity contribution in [2.24, 2.45) is 0 Å². The van der Waals surface area contributed by atoms with Gasteiger partial charge < -0.3 is 0 Å². The molecule has 0 saturated carbocycles. The molecular formula is C18H14O2Se. The first-order valence-electron chi connectivity index (χ1n) is 6.62. The Hall–Kier alpha value is -2.09. The van der Waals surface area contributed by atoms with Crippen molar-refractivity contribution in [3.8, 4) is 11.1 Å². The molecule has 0 heterocycles. The van der Waals surface area contributed by atoms with E-state index in [1.165, 1.54) is 16.0 Å². The number of carbonyl (C=O) groups excluding carboxylic acids is 1. The number of carbonyl (C=O) groups is 1. The summed E-state index contributed by atoms with van der Waals surface area (Å²) in [6.07, 6.45) is 0. The Morgan fingerprint density at radius 3 is 2.19 bits per heavy atom. The number of hydrogen-bond acceptors (Lipinski definition) is 2. The molecule has 2 aliphatic carbocycles. The van der Waals surface area contributed by atoms with E-state index in [-0.39, 0.29) is 20.9 Å². The van der Waals surface area contributed by atoms with Gasteiger partial charge in [-0.25, -0.2) is 0 Å². The Morgan fingerprint density at radius 2 is 1.52 bits per heavy atom. The van der Waals surface area contributed by atoms with Gasteiger partial charge in [0, 0.05) is 0 Å². The van der Waals surface area contributed by atoms with Crippen LogP contribution < -0.4 is 8.92 Å². The van der Waals surface area contributed by atoms with E-state index in [0.717, 1.165) is 11.1 Å². The van der Waals surface area contributed by atoms with Crippen LogP contribution in [0.25, 0.3) is 11.1 Å². The summed E-state index contributed by atoms with van der Waals surface area (Å²) >= 11 is 0.167. The third-order valence-corrected chi connectivity index (χ3v) is 5.48. The second-order valence-electron chi connectivity index (χ2n) is 4.57. The van der Waals surface area contributed by atoms with Crippen molar-refractivity contribution in [2.45, 2.75) is 0 Å². The molecular weight excluding hydrogens is 327 g/mol. The third-order valence-electron chi connectivity index (χ3n) is 3.25. The van der Waals surface area contributed by atoms with Crippen molar-refractivity contribution in [2.75, 3.05) is 7.11 Å². The zero-order valence-corrected chi connectivity index (χ0v) is 13.3. The summed E-state index contributed by atoms with van der Waals surface area (Å²) in [5.74, 6) is -0.277. The molecule has 0 N–H and O–H groups in total. The summed E-state index contributed by atoms with van der Waals surface area (Å²) in [4.78, 5) is 12.0. The van der Waals surface area contributed by atoms with Gasteiger partial charge in [0.15, 0.2) is 0 Å².